The van der Waals surface area contributed by atoms with E-state index in [0.717, 1.165) is 17.6 Å². The minimum Gasteiger partial charge on any atom is -0.367 e. The molecule has 100 valence electrons. The lowest BCUT2D eigenvalue weighted by Crippen LogP contribution is -2.14. The van der Waals surface area contributed by atoms with Crippen LogP contribution in [0.5, 0.6) is 0 Å². The first-order chi connectivity index (χ1) is 8.63. The molecule has 0 radical (unpaired) electrons. The van der Waals surface area contributed by atoms with E-state index in [1.165, 1.54) is 19.3 Å². The quantitative estimate of drug-likeness (QED) is 0.533. The summed E-state index contributed by atoms with van der Waals surface area (Å²) in [6.45, 7) is 6.39. The number of nitrogens with zero attached hydrogens (tertiary/aromatic N) is 2. The highest BCUT2D eigenvalue weighted by molar-refractivity contribution is 5.48. The van der Waals surface area contributed by atoms with Gasteiger partial charge >= 0.3 is 0 Å². The number of hydrazine groups is 1. The summed E-state index contributed by atoms with van der Waals surface area (Å²) < 4.78 is 0. The second-order valence-electron chi connectivity index (χ2n) is 5.33. The van der Waals surface area contributed by atoms with Crippen molar-refractivity contribution in [1.82, 2.24) is 9.97 Å². The van der Waals surface area contributed by atoms with Gasteiger partial charge in [-0.2, -0.15) is 0 Å². The van der Waals surface area contributed by atoms with Crippen LogP contribution in [0, 0.1) is 5.92 Å². The smallest absolute Gasteiger partial charge is 0.145 e. The van der Waals surface area contributed by atoms with Gasteiger partial charge in [0.05, 0.1) is 0 Å². The topological polar surface area (TPSA) is 75.9 Å². The third-order valence-corrected chi connectivity index (χ3v) is 3.32. The van der Waals surface area contributed by atoms with Crippen LogP contribution in [0.3, 0.4) is 0 Å². The van der Waals surface area contributed by atoms with Crippen molar-refractivity contribution >= 4 is 11.6 Å². The van der Waals surface area contributed by atoms with E-state index < -0.39 is 0 Å². The zero-order valence-electron chi connectivity index (χ0n) is 11.4. The Bertz CT molecular complexity index is 404. The number of hydrogen-bond acceptors (Lipinski definition) is 5. The van der Waals surface area contributed by atoms with Crippen LogP contribution >= 0.6 is 0 Å². The molecule has 0 saturated heterocycles. The molecule has 2 unspecified atom stereocenters. The molecule has 1 aromatic rings. The van der Waals surface area contributed by atoms with E-state index in [-0.39, 0.29) is 0 Å². The molecule has 1 heterocycles. The molecule has 1 aliphatic carbocycles. The Hall–Kier alpha value is -1.36. The molecule has 2 atom stereocenters. The van der Waals surface area contributed by atoms with Crippen molar-refractivity contribution < 1.29 is 0 Å². The molecular formula is C13H23N5. The van der Waals surface area contributed by atoms with Crippen LogP contribution in [-0.4, -0.2) is 16.0 Å². The van der Waals surface area contributed by atoms with Gasteiger partial charge in [0.15, 0.2) is 0 Å². The maximum Gasteiger partial charge on any atom is 0.145 e. The average Bonchev–Trinajstić information content (AvgIpc) is 3.07. The number of hydrogen-bond donors (Lipinski definition) is 3. The first-order valence-corrected chi connectivity index (χ1v) is 6.76. The molecule has 5 nitrogen and oxygen atoms in total. The summed E-state index contributed by atoms with van der Waals surface area (Å²) in [5.74, 6) is 8.91. The highest BCUT2D eigenvalue weighted by Crippen LogP contribution is 2.37. The Morgan fingerprint density at radius 2 is 2.11 bits per heavy atom. The predicted molar refractivity (Wildman–Crippen MR) is 74.4 cm³/mol. The van der Waals surface area contributed by atoms with Gasteiger partial charge in [0.2, 0.25) is 0 Å². The van der Waals surface area contributed by atoms with Crippen LogP contribution in [-0.2, 0) is 0 Å². The van der Waals surface area contributed by atoms with Crippen molar-refractivity contribution in [3.63, 3.8) is 0 Å². The van der Waals surface area contributed by atoms with E-state index >= 15 is 0 Å². The third kappa shape index (κ3) is 3.10. The predicted octanol–water partition coefficient (Wildman–Crippen LogP) is 2.49. The molecule has 0 aliphatic heterocycles. The van der Waals surface area contributed by atoms with Crippen LogP contribution in [0.1, 0.15) is 51.8 Å². The zero-order valence-corrected chi connectivity index (χ0v) is 11.4. The van der Waals surface area contributed by atoms with Crippen molar-refractivity contribution in [2.45, 2.75) is 52.0 Å². The normalized spacial score (nSPS) is 22.1. The summed E-state index contributed by atoms with van der Waals surface area (Å²) in [7, 11) is 0. The molecule has 0 bridgehead atoms. The minimum absolute atomic E-state index is 0.296. The van der Waals surface area contributed by atoms with E-state index in [2.05, 4.69) is 41.5 Å². The van der Waals surface area contributed by atoms with Gasteiger partial charge in [-0.3, -0.25) is 0 Å². The molecule has 18 heavy (non-hydrogen) atoms. The molecule has 2 rings (SSSR count). The van der Waals surface area contributed by atoms with Gasteiger partial charge in [-0.25, -0.2) is 15.8 Å². The van der Waals surface area contributed by atoms with Gasteiger partial charge in [0.25, 0.3) is 0 Å². The van der Waals surface area contributed by atoms with Crippen molar-refractivity contribution in [2.24, 2.45) is 11.8 Å². The SMILES string of the molecule is CCCC1CC1Nc1cc(NN)nc(C(C)C)n1. The fraction of sp³-hybridized carbons (Fsp3) is 0.692. The molecule has 0 amide bonds. The lowest BCUT2D eigenvalue weighted by molar-refractivity contribution is 0.691. The summed E-state index contributed by atoms with van der Waals surface area (Å²) in [4.78, 5) is 8.89. The third-order valence-electron chi connectivity index (χ3n) is 3.32. The highest BCUT2D eigenvalue weighted by Gasteiger charge is 2.36. The Morgan fingerprint density at radius 1 is 1.39 bits per heavy atom. The van der Waals surface area contributed by atoms with Crippen molar-refractivity contribution in [2.75, 3.05) is 10.7 Å². The fourth-order valence-electron chi connectivity index (χ4n) is 2.18. The van der Waals surface area contributed by atoms with Gasteiger partial charge in [0, 0.05) is 18.0 Å². The summed E-state index contributed by atoms with van der Waals surface area (Å²) in [5, 5.41) is 3.47. The molecule has 1 aliphatic rings. The van der Waals surface area contributed by atoms with Gasteiger partial charge in [-0.1, -0.05) is 27.2 Å². The largest absolute Gasteiger partial charge is 0.367 e. The van der Waals surface area contributed by atoms with Crippen LogP contribution < -0.4 is 16.6 Å². The monoisotopic (exact) mass is 249 g/mol. The first-order valence-electron chi connectivity index (χ1n) is 6.76. The highest BCUT2D eigenvalue weighted by atomic mass is 15.3. The first kappa shape index (κ1) is 13.1. The summed E-state index contributed by atoms with van der Waals surface area (Å²) in [6, 6.07) is 2.44. The molecule has 1 aromatic heterocycles. The van der Waals surface area contributed by atoms with Gasteiger partial charge in [0.1, 0.15) is 17.5 Å². The number of aromatic nitrogens is 2. The number of nitrogens with one attached hydrogen (secondary N) is 2. The Kier molecular flexibility index (Phi) is 4.01. The van der Waals surface area contributed by atoms with E-state index in [0.29, 0.717) is 17.8 Å². The van der Waals surface area contributed by atoms with Crippen LogP contribution in [0.15, 0.2) is 6.07 Å². The molecule has 0 aromatic carbocycles. The van der Waals surface area contributed by atoms with Crippen LogP contribution in [0.2, 0.25) is 0 Å². The van der Waals surface area contributed by atoms with Crippen LogP contribution in [0.25, 0.3) is 0 Å². The minimum atomic E-state index is 0.296. The van der Waals surface area contributed by atoms with E-state index in [4.69, 9.17) is 5.84 Å². The molecule has 5 heteroatoms. The average molecular weight is 249 g/mol. The molecule has 0 spiro atoms. The fourth-order valence-corrected chi connectivity index (χ4v) is 2.18. The maximum atomic E-state index is 5.44. The Balaban J connectivity index is 2.06. The van der Waals surface area contributed by atoms with E-state index in [9.17, 15) is 0 Å². The number of rotatable bonds is 6. The second kappa shape index (κ2) is 5.52. The van der Waals surface area contributed by atoms with Gasteiger partial charge in [-0.15, -0.1) is 0 Å². The molecule has 1 saturated carbocycles. The van der Waals surface area contributed by atoms with E-state index in [1.807, 2.05) is 6.07 Å². The van der Waals surface area contributed by atoms with Crippen molar-refractivity contribution in [3.05, 3.63) is 11.9 Å². The standard InChI is InChI=1S/C13H23N5/c1-4-5-9-6-10(9)15-11-7-12(18-14)17-13(16-11)8(2)3/h7-10H,4-6,14H2,1-3H3,(H2,15,16,17,18). The summed E-state index contributed by atoms with van der Waals surface area (Å²) in [5.41, 5.74) is 2.60. The summed E-state index contributed by atoms with van der Waals surface area (Å²) in [6.07, 6.45) is 3.79. The Labute approximate surface area is 109 Å². The van der Waals surface area contributed by atoms with Gasteiger partial charge < -0.3 is 10.7 Å². The van der Waals surface area contributed by atoms with E-state index in [1.54, 1.807) is 0 Å². The number of anilines is 2. The van der Waals surface area contributed by atoms with Gasteiger partial charge in [-0.05, 0) is 18.8 Å². The summed E-state index contributed by atoms with van der Waals surface area (Å²) >= 11 is 0. The molecular weight excluding hydrogens is 226 g/mol. The maximum absolute atomic E-state index is 5.44. The number of nitrogens with two attached hydrogens (primary N) is 1. The van der Waals surface area contributed by atoms with Crippen molar-refractivity contribution in [1.29, 1.82) is 0 Å². The lowest BCUT2D eigenvalue weighted by atomic mass is 10.2. The molecule has 1 fully saturated rings. The van der Waals surface area contributed by atoms with Crippen LogP contribution in [0.4, 0.5) is 11.6 Å². The second-order valence-corrected chi connectivity index (χ2v) is 5.33. The lowest BCUT2D eigenvalue weighted by Gasteiger charge is -2.11. The molecule has 4 N–H and O–H groups in total. The zero-order chi connectivity index (χ0) is 13.1. The van der Waals surface area contributed by atoms with Crippen molar-refractivity contribution in [3.8, 4) is 0 Å². The number of nitrogen functional groups attached to an aromatic ring is 1. The Morgan fingerprint density at radius 3 is 2.72 bits per heavy atom.